The highest BCUT2D eigenvalue weighted by Gasteiger charge is 2.26. The van der Waals surface area contributed by atoms with E-state index in [-0.39, 0.29) is 11.8 Å². The number of likely N-dealkylation sites (N-methyl/N-ethyl adjacent to an activating group) is 1. The molecule has 122 valence electrons. The molecule has 3 rings (SSSR count). The van der Waals surface area contributed by atoms with E-state index in [1.54, 1.807) is 7.05 Å². The standard InChI is InChI=1S/C18H24N4O/c1-19-18(23)15-11-21(2)9-10-22(12-15)13-16-8-7-14-5-3-4-6-17(14)20-16/h3-8,15H,9-13H2,1-2H3,(H,19,23). The van der Waals surface area contributed by atoms with Gasteiger partial charge < -0.3 is 10.2 Å². The van der Waals surface area contributed by atoms with E-state index in [0.29, 0.717) is 0 Å². The normalized spacial score (nSPS) is 20.3. The molecule has 2 heterocycles. The number of aromatic nitrogens is 1. The molecule has 1 fully saturated rings. The van der Waals surface area contributed by atoms with Gasteiger partial charge in [-0.1, -0.05) is 24.3 Å². The van der Waals surface area contributed by atoms with Crippen molar-refractivity contribution in [1.82, 2.24) is 20.1 Å². The van der Waals surface area contributed by atoms with Gasteiger partial charge in [-0.25, -0.2) is 0 Å². The molecule has 1 amide bonds. The van der Waals surface area contributed by atoms with Crippen LogP contribution in [0.3, 0.4) is 0 Å². The van der Waals surface area contributed by atoms with Gasteiger partial charge in [-0.2, -0.15) is 0 Å². The fraction of sp³-hybridized carbons (Fsp3) is 0.444. The first-order chi connectivity index (χ1) is 11.2. The SMILES string of the molecule is CNC(=O)C1CN(C)CCN(Cc2ccc3ccccc3n2)C1. The van der Waals surface area contributed by atoms with Crippen LogP contribution in [-0.4, -0.2) is 61.0 Å². The lowest BCUT2D eigenvalue weighted by atomic mass is 10.1. The highest BCUT2D eigenvalue weighted by atomic mass is 16.1. The van der Waals surface area contributed by atoms with E-state index in [9.17, 15) is 4.79 Å². The smallest absolute Gasteiger partial charge is 0.225 e. The van der Waals surface area contributed by atoms with Crippen LogP contribution in [-0.2, 0) is 11.3 Å². The number of rotatable bonds is 3. The maximum absolute atomic E-state index is 12.1. The molecular formula is C18H24N4O. The van der Waals surface area contributed by atoms with Crippen LogP contribution in [0.25, 0.3) is 10.9 Å². The van der Waals surface area contributed by atoms with E-state index in [0.717, 1.165) is 49.3 Å². The maximum atomic E-state index is 12.1. The van der Waals surface area contributed by atoms with E-state index in [4.69, 9.17) is 4.98 Å². The lowest BCUT2D eigenvalue weighted by Gasteiger charge is -2.22. The lowest BCUT2D eigenvalue weighted by molar-refractivity contribution is -0.125. The Morgan fingerprint density at radius 1 is 1.22 bits per heavy atom. The molecule has 1 aromatic carbocycles. The summed E-state index contributed by atoms with van der Waals surface area (Å²) in [6, 6.07) is 12.4. The molecule has 1 atom stereocenters. The van der Waals surface area contributed by atoms with Crippen LogP contribution in [0, 0.1) is 5.92 Å². The van der Waals surface area contributed by atoms with Gasteiger partial charge >= 0.3 is 0 Å². The van der Waals surface area contributed by atoms with E-state index >= 15 is 0 Å². The third kappa shape index (κ3) is 3.86. The van der Waals surface area contributed by atoms with E-state index in [1.807, 2.05) is 18.2 Å². The summed E-state index contributed by atoms with van der Waals surface area (Å²) in [5.41, 5.74) is 2.09. The second-order valence-corrected chi connectivity index (χ2v) is 6.30. The highest BCUT2D eigenvalue weighted by molar-refractivity contribution is 5.79. The van der Waals surface area contributed by atoms with Gasteiger partial charge in [0.25, 0.3) is 0 Å². The van der Waals surface area contributed by atoms with Crippen LogP contribution in [0.5, 0.6) is 0 Å². The second-order valence-electron chi connectivity index (χ2n) is 6.30. The Morgan fingerprint density at radius 2 is 2.04 bits per heavy atom. The lowest BCUT2D eigenvalue weighted by Crippen LogP contribution is -2.39. The van der Waals surface area contributed by atoms with Crippen molar-refractivity contribution in [2.24, 2.45) is 5.92 Å². The fourth-order valence-electron chi connectivity index (χ4n) is 3.18. The molecule has 23 heavy (non-hydrogen) atoms. The number of hydrogen-bond acceptors (Lipinski definition) is 4. The summed E-state index contributed by atoms with van der Waals surface area (Å²) in [5, 5.41) is 3.95. The van der Waals surface area contributed by atoms with Gasteiger partial charge in [-0.15, -0.1) is 0 Å². The van der Waals surface area contributed by atoms with Crippen LogP contribution in [0.2, 0.25) is 0 Å². The largest absolute Gasteiger partial charge is 0.359 e. The molecule has 0 radical (unpaired) electrons. The first-order valence-corrected chi connectivity index (χ1v) is 8.13. The number of nitrogens with zero attached hydrogens (tertiary/aromatic N) is 3. The predicted octanol–water partition coefficient (Wildman–Crippen LogP) is 1.34. The zero-order valence-corrected chi connectivity index (χ0v) is 13.8. The molecule has 2 aromatic rings. The summed E-state index contributed by atoms with van der Waals surface area (Å²) in [6.07, 6.45) is 0. The molecule has 1 saturated heterocycles. The number of para-hydroxylation sites is 1. The summed E-state index contributed by atoms with van der Waals surface area (Å²) < 4.78 is 0. The summed E-state index contributed by atoms with van der Waals surface area (Å²) in [7, 11) is 3.79. The van der Waals surface area contributed by atoms with Gasteiger partial charge in [0.15, 0.2) is 0 Å². The molecule has 1 aliphatic rings. The first-order valence-electron chi connectivity index (χ1n) is 8.13. The average molecular weight is 312 g/mol. The summed E-state index contributed by atoms with van der Waals surface area (Å²) in [5.74, 6) is 0.128. The number of pyridine rings is 1. The van der Waals surface area contributed by atoms with Crippen molar-refractivity contribution in [2.75, 3.05) is 40.3 Å². The predicted molar refractivity (Wildman–Crippen MR) is 92.1 cm³/mol. The maximum Gasteiger partial charge on any atom is 0.225 e. The zero-order chi connectivity index (χ0) is 16.2. The van der Waals surface area contributed by atoms with Gasteiger partial charge in [0.05, 0.1) is 17.1 Å². The third-order valence-corrected chi connectivity index (χ3v) is 4.47. The van der Waals surface area contributed by atoms with Crippen molar-refractivity contribution in [3.8, 4) is 0 Å². The van der Waals surface area contributed by atoms with Crippen molar-refractivity contribution >= 4 is 16.8 Å². The number of fused-ring (bicyclic) bond motifs is 1. The van der Waals surface area contributed by atoms with Crippen LogP contribution in [0.4, 0.5) is 0 Å². The Kier molecular flexibility index (Phi) is 4.88. The molecule has 0 aliphatic carbocycles. The van der Waals surface area contributed by atoms with Crippen LogP contribution < -0.4 is 5.32 Å². The Hall–Kier alpha value is -1.98. The van der Waals surface area contributed by atoms with Crippen LogP contribution >= 0.6 is 0 Å². The highest BCUT2D eigenvalue weighted by Crippen LogP contribution is 2.15. The monoisotopic (exact) mass is 312 g/mol. The Balaban J connectivity index is 1.75. The Bertz CT molecular complexity index is 688. The van der Waals surface area contributed by atoms with Gasteiger partial charge in [0.2, 0.25) is 5.91 Å². The molecule has 1 N–H and O–H groups in total. The first kappa shape index (κ1) is 15.9. The minimum atomic E-state index is 0.00737. The average Bonchev–Trinajstić information content (AvgIpc) is 2.76. The molecule has 1 aromatic heterocycles. The van der Waals surface area contributed by atoms with Crippen molar-refractivity contribution in [2.45, 2.75) is 6.54 Å². The Morgan fingerprint density at radius 3 is 2.87 bits per heavy atom. The second kappa shape index (κ2) is 7.06. The van der Waals surface area contributed by atoms with Gasteiger partial charge in [0.1, 0.15) is 0 Å². The minimum Gasteiger partial charge on any atom is -0.359 e. The topological polar surface area (TPSA) is 48.5 Å². The van der Waals surface area contributed by atoms with Crippen LogP contribution in [0.15, 0.2) is 36.4 Å². The fourth-order valence-corrected chi connectivity index (χ4v) is 3.18. The molecule has 1 aliphatic heterocycles. The van der Waals surface area contributed by atoms with Gasteiger partial charge in [0, 0.05) is 45.2 Å². The third-order valence-electron chi connectivity index (χ3n) is 4.47. The number of nitrogens with one attached hydrogen (secondary N) is 1. The number of carbonyl (C=O) groups is 1. The van der Waals surface area contributed by atoms with Gasteiger partial charge in [-0.3, -0.25) is 14.7 Å². The van der Waals surface area contributed by atoms with E-state index in [1.165, 1.54) is 0 Å². The van der Waals surface area contributed by atoms with Crippen molar-refractivity contribution < 1.29 is 4.79 Å². The molecular weight excluding hydrogens is 288 g/mol. The summed E-state index contributed by atoms with van der Waals surface area (Å²) >= 11 is 0. The zero-order valence-electron chi connectivity index (χ0n) is 13.8. The van der Waals surface area contributed by atoms with Crippen molar-refractivity contribution in [1.29, 1.82) is 0 Å². The number of benzene rings is 1. The number of carbonyl (C=O) groups excluding carboxylic acids is 1. The van der Waals surface area contributed by atoms with Crippen molar-refractivity contribution in [3.05, 3.63) is 42.1 Å². The molecule has 0 spiro atoms. The molecule has 5 heteroatoms. The van der Waals surface area contributed by atoms with E-state index < -0.39 is 0 Å². The molecule has 1 unspecified atom stereocenters. The molecule has 0 saturated carbocycles. The molecule has 5 nitrogen and oxygen atoms in total. The Labute approximate surface area is 137 Å². The minimum absolute atomic E-state index is 0.00737. The quantitative estimate of drug-likeness (QED) is 0.929. The molecule has 0 bridgehead atoms. The summed E-state index contributed by atoms with van der Waals surface area (Å²) in [6.45, 7) is 4.30. The van der Waals surface area contributed by atoms with Crippen molar-refractivity contribution in [3.63, 3.8) is 0 Å². The number of amides is 1. The summed E-state index contributed by atoms with van der Waals surface area (Å²) in [4.78, 5) is 21.4. The van der Waals surface area contributed by atoms with Crippen LogP contribution in [0.1, 0.15) is 5.69 Å². The number of hydrogen-bond donors (Lipinski definition) is 1. The van der Waals surface area contributed by atoms with E-state index in [2.05, 4.69) is 40.4 Å². The van der Waals surface area contributed by atoms with Gasteiger partial charge in [-0.05, 0) is 19.2 Å².